The van der Waals surface area contributed by atoms with Crippen molar-refractivity contribution in [2.24, 2.45) is 5.92 Å². The van der Waals surface area contributed by atoms with E-state index in [2.05, 4.69) is 29.1 Å². The number of likely N-dealkylation sites (N-methyl/N-ethyl adjacent to an activating group) is 1. The van der Waals surface area contributed by atoms with Gasteiger partial charge in [-0.2, -0.15) is 0 Å². The minimum atomic E-state index is 0.787. The van der Waals surface area contributed by atoms with Crippen LogP contribution in [0.2, 0.25) is 0 Å². The number of hydrogen-bond acceptors (Lipinski definition) is 3. The van der Waals surface area contributed by atoms with Crippen molar-refractivity contribution in [1.82, 2.24) is 15.1 Å². The van der Waals surface area contributed by atoms with Gasteiger partial charge in [-0.3, -0.25) is 4.90 Å². The van der Waals surface area contributed by atoms with E-state index in [1.54, 1.807) is 0 Å². The monoisotopic (exact) mass is 279 g/mol. The average molecular weight is 279 g/mol. The van der Waals surface area contributed by atoms with E-state index in [1.165, 1.54) is 71.1 Å². The molecule has 3 aliphatic rings. The van der Waals surface area contributed by atoms with Crippen molar-refractivity contribution in [3.8, 4) is 0 Å². The fourth-order valence-electron chi connectivity index (χ4n) is 4.61. The van der Waals surface area contributed by atoms with Crippen LogP contribution in [-0.4, -0.2) is 61.2 Å². The molecular weight excluding hydrogens is 246 g/mol. The zero-order valence-electron chi connectivity index (χ0n) is 13.5. The molecular formula is C17H33N3. The van der Waals surface area contributed by atoms with Crippen molar-refractivity contribution in [3.05, 3.63) is 0 Å². The lowest BCUT2D eigenvalue weighted by atomic mass is 9.86. The van der Waals surface area contributed by atoms with Crippen molar-refractivity contribution >= 4 is 0 Å². The molecule has 3 nitrogen and oxygen atoms in total. The lowest BCUT2D eigenvalue weighted by Crippen LogP contribution is -2.43. The van der Waals surface area contributed by atoms with E-state index in [9.17, 15) is 0 Å². The summed E-state index contributed by atoms with van der Waals surface area (Å²) in [4.78, 5) is 5.36. The highest BCUT2D eigenvalue weighted by Crippen LogP contribution is 2.28. The highest BCUT2D eigenvalue weighted by Gasteiger charge is 2.34. The van der Waals surface area contributed by atoms with Crippen molar-refractivity contribution < 1.29 is 0 Å². The number of rotatable bonds is 4. The van der Waals surface area contributed by atoms with Crippen molar-refractivity contribution in [2.75, 3.05) is 33.2 Å². The molecule has 116 valence electrons. The first kappa shape index (κ1) is 14.8. The van der Waals surface area contributed by atoms with Crippen LogP contribution in [0.5, 0.6) is 0 Å². The zero-order valence-corrected chi connectivity index (χ0v) is 13.5. The number of fused-ring (bicyclic) bond motifs is 2. The second-order valence-electron chi connectivity index (χ2n) is 7.46. The smallest absolute Gasteiger partial charge is 0.0223 e. The maximum atomic E-state index is 3.84. The van der Waals surface area contributed by atoms with Gasteiger partial charge < -0.3 is 10.2 Å². The first-order valence-corrected chi connectivity index (χ1v) is 8.91. The molecule has 2 bridgehead atoms. The minimum absolute atomic E-state index is 0.787. The molecule has 0 aromatic carbocycles. The van der Waals surface area contributed by atoms with Gasteiger partial charge in [0.15, 0.2) is 0 Å². The van der Waals surface area contributed by atoms with Crippen LogP contribution in [0.4, 0.5) is 0 Å². The summed E-state index contributed by atoms with van der Waals surface area (Å²) >= 11 is 0. The van der Waals surface area contributed by atoms with Gasteiger partial charge in [0.1, 0.15) is 0 Å². The second kappa shape index (κ2) is 6.76. The number of likely N-dealkylation sites (tertiary alicyclic amines) is 1. The second-order valence-corrected chi connectivity index (χ2v) is 7.46. The van der Waals surface area contributed by atoms with E-state index in [4.69, 9.17) is 0 Å². The quantitative estimate of drug-likeness (QED) is 0.852. The van der Waals surface area contributed by atoms with Crippen molar-refractivity contribution in [2.45, 2.75) is 70.0 Å². The van der Waals surface area contributed by atoms with E-state index in [1.807, 2.05) is 0 Å². The maximum Gasteiger partial charge on any atom is 0.0223 e. The Morgan fingerprint density at radius 3 is 2.65 bits per heavy atom. The van der Waals surface area contributed by atoms with Gasteiger partial charge in [-0.1, -0.05) is 19.8 Å². The molecule has 2 aliphatic heterocycles. The Morgan fingerprint density at radius 2 is 1.80 bits per heavy atom. The predicted octanol–water partition coefficient (Wildman–Crippen LogP) is 2.32. The Hall–Kier alpha value is -0.120. The molecule has 1 N–H and O–H groups in total. The van der Waals surface area contributed by atoms with Crippen molar-refractivity contribution in [1.29, 1.82) is 0 Å². The van der Waals surface area contributed by atoms with E-state index >= 15 is 0 Å². The molecule has 2 heterocycles. The lowest BCUT2D eigenvalue weighted by molar-refractivity contribution is 0.210. The summed E-state index contributed by atoms with van der Waals surface area (Å²) in [6.07, 6.45) is 9.94. The van der Waals surface area contributed by atoms with E-state index in [-0.39, 0.29) is 0 Å². The third kappa shape index (κ3) is 3.37. The fraction of sp³-hybridized carbons (Fsp3) is 1.00. The summed E-state index contributed by atoms with van der Waals surface area (Å²) in [5, 5.41) is 3.84. The molecule has 1 aliphatic carbocycles. The van der Waals surface area contributed by atoms with Crippen molar-refractivity contribution in [3.63, 3.8) is 0 Å². The van der Waals surface area contributed by atoms with Crippen LogP contribution in [0, 0.1) is 5.92 Å². The number of nitrogens with one attached hydrogen (secondary N) is 1. The molecule has 0 amide bonds. The summed E-state index contributed by atoms with van der Waals surface area (Å²) in [7, 11) is 2.34. The normalized spacial score (nSPS) is 39.9. The molecule has 0 radical (unpaired) electrons. The first-order chi connectivity index (χ1) is 9.74. The molecule has 0 aromatic rings. The van der Waals surface area contributed by atoms with Crippen LogP contribution < -0.4 is 5.32 Å². The Bertz CT molecular complexity index is 307. The molecule has 4 atom stereocenters. The average Bonchev–Trinajstić information content (AvgIpc) is 2.68. The van der Waals surface area contributed by atoms with Crippen LogP contribution in [0.25, 0.3) is 0 Å². The van der Waals surface area contributed by atoms with E-state index in [0.717, 1.165) is 24.0 Å². The number of nitrogens with zero attached hydrogens (tertiary/aromatic N) is 2. The van der Waals surface area contributed by atoms with E-state index < -0.39 is 0 Å². The summed E-state index contributed by atoms with van der Waals surface area (Å²) < 4.78 is 0. The topological polar surface area (TPSA) is 18.5 Å². The van der Waals surface area contributed by atoms with Gasteiger partial charge in [0, 0.05) is 37.8 Å². The van der Waals surface area contributed by atoms with Gasteiger partial charge in [0.05, 0.1) is 0 Å². The highest BCUT2D eigenvalue weighted by molar-refractivity contribution is 4.91. The van der Waals surface area contributed by atoms with Gasteiger partial charge >= 0.3 is 0 Å². The van der Waals surface area contributed by atoms with Crippen LogP contribution >= 0.6 is 0 Å². The zero-order chi connectivity index (χ0) is 13.9. The highest BCUT2D eigenvalue weighted by atomic mass is 15.3. The van der Waals surface area contributed by atoms with Crippen LogP contribution in [-0.2, 0) is 0 Å². The molecule has 3 heteroatoms. The third-order valence-electron chi connectivity index (χ3n) is 6.18. The Balaban J connectivity index is 1.40. The summed E-state index contributed by atoms with van der Waals surface area (Å²) in [6.45, 7) is 7.48. The molecule has 3 fully saturated rings. The molecule has 3 rings (SSSR count). The fourth-order valence-corrected chi connectivity index (χ4v) is 4.61. The first-order valence-electron chi connectivity index (χ1n) is 8.91. The van der Waals surface area contributed by atoms with Gasteiger partial charge in [-0.15, -0.1) is 0 Å². The molecule has 20 heavy (non-hydrogen) atoms. The molecule has 0 spiro atoms. The van der Waals surface area contributed by atoms with Crippen LogP contribution in [0.1, 0.15) is 51.9 Å². The largest absolute Gasteiger partial charge is 0.312 e. The van der Waals surface area contributed by atoms with Gasteiger partial charge in [-0.05, 0) is 51.6 Å². The van der Waals surface area contributed by atoms with Crippen LogP contribution in [0.3, 0.4) is 0 Å². The molecule has 0 aromatic heterocycles. The Labute approximate surface area is 125 Å². The lowest BCUT2D eigenvalue weighted by Gasteiger charge is -2.31. The SMILES string of the molecule is CC1CCCCC1NCCN1CCC2CCC(C1)N2C. The van der Waals surface area contributed by atoms with Crippen LogP contribution in [0.15, 0.2) is 0 Å². The summed E-state index contributed by atoms with van der Waals surface area (Å²) in [6, 6.07) is 2.49. The Morgan fingerprint density at radius 1 is 1.00 bits per heavy atom. The van der Waals surface area contributed by atoms with Gasteiger partial charge in [0.2, 0.25) is 0 Å². The van der Waals surface area contributed by atoms with E-state index in [0.29, 0.717) is 0 Å². The summed E-state index contributed by atoms with van der Waals surface area (Å²) in [5.74, 6) is 0.884. The standard InChI is InChI=1S/C17H33N3/c1-14-5-3-4-6-17(14)18-10-12-20-11-9-15-7-8-16(13-20)19(15)2/h14-18H,3-13H2,1-2H3. The van der Waals surface area contributed by atoms with Gasteiger partial charge in [0.25, 0.3) is 0 Å². The Kier molecular flexibility index (Phi) is 5.00. The minimum Gasteiger partial charge on any atom is -0.312 e. The van der Waals surface area contributed by atoms with Gasteiger partial charge in [-0.25, -0.2) is 0 Å². The maximum absolute atomic E-state index is 3.84. The third-order valence-corrected chi connectivity index (χ3v) is 6.18. The number of hydrogen-bond donors (Lipinski definition) is 1. The molecule has 1 saturated carbocycles. The molecule has 4 unspecified atom stereocenters. The summed E-state index contributed by atoms with van der Waals surface area (Å²) in [5.41, 5.74) is 0. The predicted molar refractivity (Wildman–Crippen MR) is 85.1 cm³/mol. The molecule has 2 saturated heterocycles.